The summed E-state index contributed by atoms with van der Waals surface area (Å²) in [6, 6.07) is 0. The Balaban J connectivity index is 1.87. The number of allylic oxidation sites excluding steroid dienone is 4. The van der Waals surface area contributed by atoms with Gasteiger partial charge in [0.1, 0.15) is 6.17 Å². The number of rotatable bonds is 3. The maximum absolute atomic E-state index is 17.1. The number of esters is 1. The van der Waals surface area contributed by atoms with Crippen molar-refractivity contribution in [2.24, 2.45) is 28.6 Å². The molecule has 3 fully saturated rings. The third-order valence-corrected chi connectivity index (χ3v) is 9.38. The van der Waals surface area contributed by atoms with Gasteiger partial charge in [-0.2, -0.15) is 0 Å². The minimum atomic E-state index is -2.24. The number of fused-ring (bicyclic) bond motifs is 5. The molecule has 0 aliphatic heterocycles. The Morgan fingerprint density at radius 1 is 1.28 bits per heavy atom. The summed E-state index contributed by atoms with van der Waals surface area (Å²) in [5.41, 5.74) is -6.46. The predicted molar refractivity (Wildman–Crippen MR) is 116 cm³/mol. The molecule has 0 amide bonds. The van der Waals surface area contributed by atoms with Gasteiger partial charge in [-0.3, -0.25) is 14.4 Å². The van der Waals surface area contributed by atoms with Gasteiger partial charge in [-0.25, -0.2) is 8.78 Å². The SMILES string of the molecule is CCC(=O)O[C@]1(C(=O)S)[C@H](C)C[C@H]2[C@@H]3C[C@H](F)C4=CC(=O)C=CC4(C)[C@@]3(F)C(O)CC21C. The van der Waals surface area contributed by atoms with Gasteiger partial charge in [0, 0.05) is 29.1 Å². The molecule has 5 nitrogen and oxygen atoms in total. The van der Waals surface area contributed by atoms with Crippen LogP contribution < -0.4 is 0 Å². The van der Waals surface area contributed by atoms with Crippen molar-refractivity contribution in [1.82, 2.24) is 0 Å². The van der Waals surface area contributed by atoms with Gasteiger partial charge in [-0.1, -0.05) is 26.8 Å². The summed E-state index contributed by atoms with van der Waals surface area (Å²) >= 11 is 4.09. The number of hydrogen-bond acceptors (Lipinski definition) is 5. The van der Waals surface area contributed by atoms with E-state index in [-0.39, 0.29) is 24.8 Å². The number of hydrogen-bond donors (Lipinski definition) is 2. The Bertz CT molecular complexity index is 949. The minimum Gasteiger partial charge on any atom is -0.449 e. The Morgan fingerprint density at radius 3 is 2.53 bits per heavy atom. The first-order valence-electron chi connectivity index (χ1n) is 11.2. The van der Waals surface area contributed by atoms with Crippen molar-refractivity contribution in [1.29, 1.82) is 0 Å². The molecule has 3 unspecified atom stereocenters. The molecule has 0 radical (unpaired) electrons. The molecule has 0 spiro atoms. The number of alkyl halides is 2. The maximum Gasteiger partial charge on any atom is 0.306 e. The number of carbonyl (C=O) groups excluding carboxylic acids is 3. The fraction of sp³-hybridized carbons (Fsp3) is 0.708. The van der Waals surface area contributed by atoms with Gasteiger partial charge in [0.05, 0.1) is 6.10 Å². The summed E-state index contributed by atoms with van der Waals surface area (Å²) in [4.78, 5) is 37.2. The molecule has 4 aliphatic rings. The van der Waals surface area contributed by atoms with Gasteiger partial charge in [-0.05, 0) is 49.8 Å². The zero-order chi connectivity index (χ0) is 23.9. The molecule has 8 heteroatoms. The van der Waals surface area contributed by atoms with Gasteiger partial charge in [0.25, 0.3) is 0 Å². The van der Waals surface area contributed by atoms with Crippen molar-refractivity contribution in [3.63, 3.8) is 0 Å². The van der Waals surface area contributed by atoms with Crippen LogP contribution in [0.1, 0.15) is 53.4 Å². The van der Waals surface area contributed by atoms with E-state index in [1.54, 1.807) is 20.8 Å². The van der Waals surface area contributed by atoms with E-state index in [1.807, 2.05) is 0 Å². The molecule has 9 atom stereocenters. The molecule has 3 saturated carbocycles. The second kappa shape index (κ2) is 7.23. The van der Waals surface area contributed by atoms with Crippen molar-refractivity contribution < 1.29 is 33.0 Å². The number of halogens is 2. The van der Waals surface area contributed by atoms with E-state index in [9.17, 15) is 19.5 Å². The van der Waals surface area contributed by atoms with Crippen molar-refractivity contribution in [2.45, 2.75) is 76.9 Å². The van der Waals surface area contributed by atoms with Crippen molar-refractivity contribution >= 4 is 29.5 Å². The Kier molecular flexibility index (Phi) is 5.33. The van der Waals surface area contributed by atoms with Crippen LogP contribution in [-0.4, -0.2) is 45.5 Å². The number of carbonyl (C=O) groups is 3. The van der Waals surface area contributed by atoms with Crippen LogP contribution in [0.25, 0.3) is 0 Å². The second-order valence-corrected chi connectivity index (χ2v) is 10.8. The highest BCUT2D eigenvalue weighted by molar-refractivity contribution is 7.96. The van der Waals surface area contributed by atoms with Crippen LogP contribution in [0.5, 0.6) is 0 Å². The number of thiol groups is 1. The third-order valence-electron chi connectivity index (χ3n) is 9.05. The summed E-state index contributed by atoms with van der Waals surface area (Å²) in [6.07, 6.45) is 0.619. The van der Waals surface area contributed by atoms with Crippen LogP contribution in [0.2, 0.25) is 0 Å². The van der Waals surface area contributed by atoms with E-state index in [2.05, 4.69) is 12.6 Å². The highest BCUT2D eigenvalue weighted by Gasteiger charge is 2.77. The van der Waals surface area contributed by atoms with E-state index >= 15 is 8.78 Å². The topological polar surface area (TPSA) is 80.7 Å². The monoisotopic (exact) mass is 468 g/mol. The van der Waals surface area contributed by atoms with Crippen LogP contribution >= 0.6 is 12.6 Å². The molecule has 0 saturated heterocycles. The molecule has 32 heavy (non-hydrogen) atoms. The van der Waals surface area contributed by atoms with Crippen molar-refractivity contribution in [2.75, 3.05) is 0 Å². The Labute approximate surface area is 192 Å². The van der Waals surface area contributed by atoms with Crippen LogP contribution in [0, 0.1) is 28.6 Å². The van der Waals surface area contributed by atoms with Gasteiger partial charge in [0.15, 0.2) is 17.1 Å². The third kappa shape index (κ3) is 2.62. The van der Waals surface area contributed by atoms with Crippen molar-refractivity contribution in [3.05, 3.63) is 23.8 Å². The first kappa shape index (κ1) is 23.6. The lowest BCUT2D eigenvalue weighted by molar-refractivity contribution is -0.228. The average Bonchev–Trinajstić information content (AvgIpc) is 2.93. The summed E-state index contributed by atoms with van der Waals surface area (Å²) in [7, 11) is 0. The van der Waals surface area contributed by atoms with Crippen LogP contribution in [0.3, 0.4) is 0 Å². The van der Waals surface area contributed by atoms with E-state index in [0.29, 0.717) is 6.42 Å². The number of aliphatic hydroxyl groups is 1. The fourth-order valence-corrected chi connectivity index (χ4v) is 8.01. The fourth-order valence-electron chi connectivity index (χ4n) is 7.49. The zero-order valence-corrected chi connectivity index (χ0v) is 19.6. The summed E-state index contributed by atoms with van der Waals surface area (Å²) in [5, 5.41) is 10.7. The first-order chi connectivity index (χ1) is 14.8. The molecular weight excluding hydrogens is 438 g/mol. The van der Waals surface area contributed by atoms with Gasteiger partial charge in [-0.15, -0.1) is 12.6 Å². The normalized spacial score (nSPS) is 49.6. The number of ether oxygens (including phenoxy) is 1. The molecule has 0 aromatic rings. The zero-order valence-electron chi connectivity index (χ0n) is 18.7. The highest BCUT2D eigenvalue weighted by atomic mass is 32.1. The van der Waals surface area contributed by atoms with Crippen LogP contribution in [0.15, 0.2) is 23.8 Å². The molecular formula is C24H30F2O5S. The Hall–Kier alpha value is -1.54. The van der Waals surface area contributed by atoms with E-state index in [1.165, 1.54) is 19.1 Å². The highest BCUT2D eigenvalue weighted by Crippen LogP contribution is 2.71. The molecule has 0 aromatic heterocycles. The standard InChI is InChI=1S/C24H30F2O5S/c1-5-19(29)31-24(20(30)32)12(2)8-14-15-10-17(25)16-9-13(27)6-7-21(16,3)23(15,26)18(28)11-22(14,24)4/h6-7,9,12,14-15,17-18,28H,5,8,10-11H2,1-4H3,(H,30,32)/t12-,14+,15+,17+,18?,21?,22?,23+,24+/m1/s1. The molecule has 1 N–H and O–H groups in total. The number of ketones is 1. The first-order valence-corrected chi connectivity index (χ1v) is 11.7. The van der Waals surface area contributed by atoms with Crippen molar-refractivity contribution in [3.8, 4) is 0 Å². The summed E-state index contributed by atoms with van der Waals surface area (Å²) in [5.74, 6) is -2.94. The lowest BCUT2D eigenvalue weighted by Crippen LogP contribution is -2.70. The second-order valence-electron chi connectivity index (χ2n) is 10.4. The molecule has 4 aliphatic carbocycles. The van der Waals surface area contributed by atoms with Crippen LogP contribution in [-0.2, 0) is 19.1 Å². The average molecular weight is 469 g/mol. The predicted octanol–water partition coefficient (Wildman–Crippen LogP) is 3.70. The van der Waals surface area contributed by atoms with E-state index in [0.717, 1.165) is 6.08 Å². The van der Waals surface area contributed by atoms with Gasteiger partial charge < -0.3 is 9.84 Å². The quantitative estimate of drug-likeness (QED) is 0.488. The largest absolute Gasteiger partial charge is 0.449 e. The lowest BCUT2D eigenvalue weighted by atomic mass is 9.44. The minimum absolute atomic E-state index is 0.0476. The van der Waals surface area contributed by atoms with E-state index < -0.39 is 69.0 Å². The molecule has 0 aromatic carbocycles. The summed E-state index contributed by atoms with van der Waals surface area (Å²) < 4.78 is 38.3. The van der Waals surface area contributed by atoms with Crippen LogP contribution in [0.4, 0.5) is 8.78 Å². The lowest BCUT2D eigenvalue weighted by Gasteiger charge is -2.63. The molecule has 0 bridgehead atoms. The maximum atomic E-state index is 17.1. The van der Waals surface area contributed by atoms with E-state index in [4.69, 9.17) is 4.74 Å². The molecule has 176 valence electrons. The summed E-state index contributed by atoms with van der Waals surface area (Å²) in [6.45, 7) is 6.62. The number of aliphatic hydroxyl groups excluding tert-OH is 1. The van der Waals surface area contributed by atoms with Gasteiger partial charge in [0.2, 0.25) is 5.12 Å². The van der Waals surface area contributed by atoms with Gasteiger partial charge >= 0.3 is 5.97 Å². The molecule has 0 heterocycles. The Morgan fingerprint density at radius 2 is 1.94 bits per heavy atom. The smallest absolute Gasteiger partial charge is 0.306 e. The molecule has 4 rings (SSSR count).